The Balaban J connectivity index is 1.57. The van der Waals surface area contributed by atoms with Crippen molar-refractivity contribution in [2.24, 2.45) is 11.8 Å². The minimum absolute atomic E-state index is 0.0629. The maximum atomic E-state index is 12.3. The van der Waals surface area contributed by atoms with E-state index in [-0.39, 0.29) is 5.91 Å². The topological polar surface area (TPSA) is 52.0 Å². The van der Waals surface area contributed by atoms with Crippen LogP contribution in [0.3, 0.4) is 0 Å². The number of carbonyl (C=O) groups is 1. The van der Waals surface area contributed by atoms with Crippen LogP contribution in [0.2, 0.25) is 0 Å². The monoisotopic (exact) mass is 305 g/mol. The Morgan fingerprint density at radius 1 is 1.18 bits per heavy atom. The number of carbonyl (C=O) groups excluding carboxylic acids is 1. The molecular formula is C17H25N2O3+. The molecule has 0 unspecified atom stereocenters. The number of quaternary nitrogens is 1. The first kappa shape index (κ1) is 15.2. The normalized spacial score (nSPS) is 27.3. The summed E-state index contributed by atoms with van der Waals surface area (Å²) in [6, 6.07) is 5.55. The van der Waals surface area contributed by atoms with Crippen LogP contribution in [-0.4, -0.2) is 38.8 Å². The van der Waals surface area contributed by atoms with Crippen molar-refractivity contribution in [3.05, 3.63) is 18.2 Å². The molecule has 1 saturated heterocycles. The van der Waals surface area contributed by atoms with Crippen molar-refractivity contribution in [2.75, 3.05) is 38.2 Å². The molecule has 1 aromatic rings. The van der Waals surface area contributed by atoms with Gasteiger partial charge in [0.25, 0.3) is 5.91 Å². The standard InChI is InChI=1S/C17H24N2O3/c1-12-7-13(2)10-19(9-12)11-17(20)18-14-3-4-15-16(8-14)22-6-5-21-15/h3-4,8,12-13H,5-7,9-11H2,1-2H3,(H,18,20)/p+1/t12-,13-/m0/s1. The van der Waals surface area contributed by atoms with Gasteiger partial charge in [0.2, 0.25) is 0 Å². The van der Waals surface area contributed by atoms with E-state index >= 15 is 0 Å². The molecule has 0 aromatic heterocycles. The number of benzene rings is 1. The van der Waals surface area contributed by atoms with Crippen LogP contribution in [0.4, 0.5) is 5.69 Å². The predicted molar refractivity (Wildman–Crippen MR) is 84.6 cm³/mol. The Labute approximate surface area is 131 Å². The van der Waals surface area contributed by atoms with Gasteiger partial charge in [-0.3, -0.25) is 4.79 Å². The van der Waals surface area contributed by atoms with E-state index in [9.17, 15) is 4.79 Å². The molecule has 1 amide bonds. The first-order valence-electron chi connectivity index (χ1n) is 8.13. The molecule has 0 bridgehead atoms. The van der Waals surface area contributed by atoms with Crippen molar-refractivity contribution in [3.8, 4) is 11.5 Å². The summed E-state index contributed by atoms with van der Waals surface area (Å²) in [7, 11) is 0. The van der Waals surface area contributed by atoms with E-state index < -0.39 is 0 Å². The number of nitrogens with one attached hydrogen (secondary N) is 2. The highest BCUT2D eigenvalue weighted by atomic mass is 16.6. The van der Waals surface area contributed by atoms with Gasteiger partial charge < -0.3 is 19.7 Å². The lowest BCUT2D eigenvalue weighted by atomic mass is 9.92. The first-order chi connectivity index (χ1) is 10.6. The van der Waals surface area contributed by atoms with Crippen LogP contribution < -0.4 is 19.7 Å². The zero-order valence-corrected chi connectivity index (χ0v) is 13.4. The number of ether oxygens (including phenoxy) is 2. The molecule has 0 spiro atoms. The molecule has 2 atom stereocenters. The van der Waals surface area contributed by atoms with E-state index in [4.69, 9.17) is 9.47 Å². The molecule has 1 aromatic carbocycles. The summed E-state index contributed by atoms with van der Waals surface area (Å²) in [5.41, 5.74) is 0.770. The van der Waals surface area contributed by atoms with E-state index in [2.05, 4.69) is 19.2 Å². The number of fused-ring (bicyclic) bond motifs is 1. The largest absolute Gasteiger partial charge is 0.486 e. The second-order valence-electron chi connectivity index (χ2n) is 6.69. The fourth-order valence-corrected chi connectivity index (χ4v) is 3.62. The lowest BCUT2D eigenvalue weighted by Gasteiger charge is -2.31. The van der Waals surface area contributed by atoms with Gasteiger partial charge in [-0.1, -0.05) is 13.8 Å². The van der Waals surface area contributed by atoms with Gasteiger partial charge >= 0.3 is 0 Å². The maximum absolute atomic E-state index is 12.3. The number of hydrogen-bond acceptors (Lipinski definition) is 3. The highest BCUT2D eigenvalue weighted by molar-refractivity contribution is 5.91. The van der Waals surface area contributed by atoms with Gasteiger partial charge in [0.05, 0.1) is 13.1 Å². The molecule has 0 aliphatic carbocycles. The zero-order chi connectivity index (χ0) is 15.5. The van der Waals surface area contributed by atoms with Gasteiger partial charge in [-0.25, -0.2) is 0 Å². The molecule has 3 rings (SSSR count). The summed E-state index contributed by atoms with van der Waals surface area (Å²) in [4.78, 5) is 13.6. The van der Waals surface area contributed by atoms with Crippen molar-refractivity contribution in [2.45, 2.75) is 20.3 Å². The van der Waals surface area contributed by atoms with Gasteiger partial charge in [-0.05, 0) is 18.6 Å². The molecule has 0 radical (unpaired) electrons. The highest BCUT2D eigenvalue weighted by Crippen LogP contribution is 2.32. The number of piperidine rings is 1. The third-order valence-electron chi connectivity index (χ3n) is 4.32. The summed E-state index contributed by atoms with van der Waals surface area (Å²) >= 11 is 0. The van der Waals surface area contributed by atoms with Crippen LogP contribution in [0.15, 0.2) is 18.2 Å². The molecule has 5 heteroatoms. The van der Waals surface area contributed by atoms with Gasteiger partial charge in [0.15, 0.2) is 18.0 Å². The Morgan fingerprint density at radius 2 is 1.86 bits per heavy atom. The summed E-state index contributed by atoms with van der Waals surface area (Å²) in [5, 5.41) is 2.97. The average Bonchev–Trinajstić information content (AvgIpc) is 2.45. The second kappa shape index (κ2) is 6.57. The van der Waals surface area contributed by atoms with Crippen molar-refractivity contribution in [3.63, 3.8) is 0 Å². The van der Waals surface area contributed by atoms with E-state index in [1.165, 1.54) is 11.3 Å². The third kappa shape index (κ3) is 3.71. The first-order valence-corrected chi connectivity index (χ1v) is 8.13. The lowest BCUT2D eigenvalue weighted by Crippen LogP contribution is -3.15. The molecule has 0 saturated carbocycles. The van der Waals surface area contributed by atoms with Crippen molar-refractivity contribution >= 4 is 11.6 Å². The summed E-state index contributed by atoms with van der Waals surface area (Å²) in [6.45, 7) is 8.37. The fraction of sp³-hybridized carbons (Fsp3) is 0.588. The molecule has 2 N–H and O–H groups in total. The molecule has 22 heavy (non-hydrogen) atoms. The van der Waals surface area contributed by atoms with E-state index in [1.54, 1.807) is 0 Å². The minimum Gasteiger partial charge on any atom is -0.486 e. The van der Waals surface area contributed by atoms with Crippen LogP contribution in [0.25, 0.3) is 0 Å². The summed E-state index contributed by atoms with van der Waals surface area (Å²) in [6.07, 6.45) is 1.27. The molecular weight excluding hydrogens is 280 g/mol. The average molecular weight is 305 g/mol. The van der Waals surface area contributed by atoms with Crippen molar-refractivity contribution in [1.82, 2.24) is 0 Å². The Kier molecular flexibility index (Phi) is 4.52. The Bertz CT molecular complexity index is 537. The van der Waals surface area contributed by atoms with Crippen LogP contribution in [0.1, 0.15) is 20.3 Å². The number of hydrogen-bond donors (Lipinski definition) is 2. The van der Waals surface area contributed by atoms with E-state index in [0.717, 1.165) is 24.5 Å². The van der Waals surface area contributed by atoms with Gasteiger partial charge in [-0.15, -0.1) is 0 Å². The SMILES string of the molecule is C[C@H]1C[C@H](C)C[NH+](CC(=O)Nc2ccc3c(c2)OCCO3)C1. The van der Waals surface area contributed by atoms with Crippen LogP contribution in [0.5, 0.6) is 11.5 Å². The Hall–Kier alpha value is -1.75. The smallest absolute Gasteiger partial charge is 0.279 e. The van der Waals surface area contributed by atoms with Crippen molar-refractivity contribution in [1.29, 1.82) is 0 Å². The van der Waals surface area contributed by atoms with Gasteiger partial charge in [-0.2, -0.15) is 0 Å². The highest BCUT2D eigenvalue weighted by Gasteiger charge is 2.26. The van der Waals surface area contributed by atoms with Gasteiger partial charge in [0.1, 0.15) is 13.2 Å². The second-order valence-corrected chi connectivity index (χ2v) is 6.69. The third-order valence-corrected chi connectivity index (χ3v) is 4.32. The summed E-state index contributed by atoms with van der Waals surface area (Å²) < 4.78 is 11.0. The molecule has 120 valence electrons. The van der Waals surface area contributed by atoms with Crippen LogP contribution >= 0.6 is 0 Å². The minimum atomic E-state index is 0.0629. The number of anilines is 1. The molecule has 1 fully saturated rings. The molecule has 5 nitrogen and oxygen atoms in total. The lowest BCUT2D eigenvalue weighted by molar-refractivity contribution is -0.904. The Morgan fingerprint density at radius 3 is 2.59 bits per heavy atom. The zero-order valence-electron chi connectivity index (χ0n) is 13.4. The number of rotatable bonds is 3. The molecule has 2 aliphatic rings. The quantitative estimate of drug-likeness (QED) is 0.874. The predicted octanol–water partition coefficient (Wildman–Crippen LogP) is 0.957. The van der Waals surface area contributed by atoms with E-state index in [1.807, 2.05) is 18.2 Å². The van der Waals surface area contributed by atoms with Crippen LogP contribution in [0, 0.1) is 11.8 Å². The molecule has 2 heterocycles. The maximum Gasteiger partial charge on any atom is 0.279 e. The van der Waals surface area contributed by atoms with Crippen molar-refractivity contribution < 1.29 is 19.2 Å². The number of likely N-dealkylation sites (tertiary alicyclic amines) is 1. The van der Waals surface area contributed by atoms with Crippen LogP contribution in [-0.2, 0) is 4.79 Å². The van der Waals surface area contributed by atoms with E-state index in [0.29, 0.717) is 37.3 Å². The summed E-state index contributed by atoms with van der Waals surface area (Å²) in [5.74, 6) is 2.90. The van der Waals surface area contributed by atoms with Gasteiger partial charge in [0, 0.05) is 23.6 Å². The number of amides is 1. The fourth-order valence-electron chi connectivity index (χ4n) is 3.62. The molecule has 2 aliphatic heterocycles.